The van der Waals surface area contributed by atoms with Crippen molar-refractivity contribution in [3.8, 4) is 0 Å². The third kappa shape index (κ3) is 4.85. The van der Waals surface area contributed by atoms with Crippen molar-refractivity contribution in [1.82, 2.24) is 25.6 Å². The number of benzene rings is 1. The summed E-state index contributed by atoms with van der Waals surface area (Å²) in [6, 6.07) is 12.4. The highest BCUT2D eigenvalue weighted by Crippen LogP contribution is 2.20. The Bertz CT molecular complexity index is 1110. The molecule has 0 aliphatic rings. The predicted molar refractivity (Wildman–Crippen MR) is 117 cm³/mol. The second kappa shape index (κ2) is 7.99. The molecule has 1 unspecified atom stereocenters. The molecule has 0 amide bonds. The molecule has 0 aliphatic heterocycles. The fourth-order valence-electron chi connectivity index (χ4n) is 3.45. The summed E-state index contributed by atoms with van der Waals surface area (Å²) < 4.78 is 0. The minimum Gasteiger partial charge on any atom is -0.374 e. The van der Waals surface area contributed by atoms with E-state index in [4.69, 9.17) is 0 Å². The number of aromatic nitrogens is 3. The quantitative estimate of drug-likeness (QED) is 0.309. The van der Waals surface area contributed by atoms with Crippen LogP contribution in [0.3, 0.4) is 0 Å². The van der Waals surface area contributed by atoms with Crippen LogP contribution in [0, 0.1) is 5.41 Å². The number of aliphatic hydroxyl groups excluding tert-OH is 1. The summed E-state index contributed by atoms with van der Waals surface area (Å²) in [5.41, 5.74) is 5.26. The Hall–Kier alpha value is -2.67. The minimum absolute atomic E-state index is 0.271. The average Bonchev–Trinajstić information content (AvgIpc) is 3.30. The highest BCUT2D eigenvalue weighted by Gasteiger charge is 2.11. The Balaban J connectivity index is 1.38. The zero-order valence-corrected chi connectivity index (χ0v) is 17.2. The first-order valence-electron chi connectivity index (χ1n) is 10.0. The van der Waals surface area contributed by atoms with Crippen molar-refractivity contribution in [3.05, 3.63) is 65.6 Å². The van der Waals surface area contributed by atoms with Gasteiger partial charge >= 0.3 is 0 Å². The van der Waals surface area contributed by atoms with Gasteiger partial charge in [0.15, 0.2) is 0 Å². The number of hydrogen-bond donors (Lipinski definition) is 5. The number of nitrogens with one attached hydrogen (secondary N) is 4. The molecular formula is C23H29N5O. The zero-order chi connectivity index (χ0) is 20.4. The monoisotopic (exact) mass is 391 g/mol. The number of nitrogens with zero attached hydrogens (tertiary/aromatic N) is 1. The first-order valence-corrected chi connectivity index (χ1v) is 10.0. The first-order chi connectivity index (χ1) is 13.9. The lowest BCUT2D eigenvalue weighted by Gasteiger charge is -2.18. The molecule has 1 aromatic carbocycles. The van der Waals surface area contributed by atoms with Gasteiger partial charge in [-0.1, -0.05) is 32.9 Å². The van der Waals surface area contributed by atoms with Gasteiger partial charge in [0.1, 0.15) is 11.9 Å². The molecule has 3 heterocycles. The molecule has 0 saturated carbocycles. The van der Waals surface area contributed by atoms with Gasteiger partial charge < -0.3 is 20.4 Å². The molecule has 0 bridgehead atoms. The maximum Gasteiger partial charge on any atom is 0.137 e. The molecule has 6 nitrogen and oxygen atoms in total. The Kier molecular flexibility index (Phi) is 5.41. The number of rotatable bonds is 7. The second-order valence-corrected chi connectivity index (χ2v) is 8.85. The van der Waals surface area contributed by atoms with Crippen molar-refractivity contribution in [2.24, 2.45) is 5.41 Å². The molecule has 3 aromatic heterocycles. The van der Waals surface area contributed by atoms with Crippen LogP contribution in [-0.2, 0) is 13.1 Å². The van der Waals surface area contributed by atoms with Crippen LogP contribution < -0.4 is 10.6 Å². The lowest BCUT2D eigenvalue weighted by atomic mass is 9.97. The number of hydrogen-bond acceptors (Lipinski definition) is 4. The van der Waals surface area contributed by atoms with E-state index in [-0.39, 0.29) is 5.41 Å². The van der Waals surface area contributed by atoms with Gasteiger partial charge in [0, 0.05) is 54.2 Å². The summed E-state index contributed by atoms with van der Waals surface area (Å²) in [6.45, 7) is 9.05. The summed E-state index contributed by atoms with van der Waals surface area (Å²) in [5.74, 6) is 0. The Morgan fingerprint density at radius 3 is 2.76 bits per heavy atom. The van der Waals surface area contributed by atoms with Crippen LogP contribution in [0.25, 0.3) is 21.9 Å². The molecule has 0 fully saturated rings. The predicted octanol–water partition coefficient (Wildman–Crippen LogP) is 3.96. The summed E-state index contributed by atoms with van der Waals surface area (Å²) in [4.78, 5) is 10.9. The number of fused-ring (bicyclic) bond motifs is 2. The van der Waals surface area contributed by atoms with E-state index in [0.717, 1.165) is 40.8 Å². The van der Waals surface area contributed by atoms with Gasteiger partial charge in [0.05, 0.1) is 0 Å². The molecule has 152 valence electrons. The van der Waals surface area contributed by atoms with Crippen molar-refractivity contribution in [1.29, 1.82) is 0 Å². The third-order valence-electron chi connectivity index (χ3n) is 4.95. The van der Waals surface area contributed by atoms with Crippen LogP contribution in [0.1, 0.15) is 43.8 Å². The van der Waals surface area contributed by atoms with E-state index in [1.807, 2.05) is 18.3 Å². The van der Waals surface area contributed by atoms with E-state index in [2.05, 4.69) is 70.6 Å². The molecule has 4 rings (SSSR count). The van der Waals surface area contributed by atoms with Gasteiger partial charge in [-0.2, -0.15) is 0 Å². The zero-order valence-electron chi connectivity index (χ0n) is 17.2. The third-order valence-corrected chi connectivity index (χ3v) is 4.95. The van der Waals surface area contributed by atoms with Crippen molar-refractivity contribution in [3.63, 3.8) is 0 Å². The normalized spacial score (nSPS) is 13.4. The SMILES string of the molecule is CC(C)(C)CNCc1cc2ccc(CNC(O)c3cnc4[nH]ccc4c3)cc2[nH]1. The number of pyridine rings is 1. The standard InChI is InChI=1S/C23H29N5O/c1-23(2,3)14-24-13-19-10-16-5-4-15(8-20(16)28-19)11-27-22(29)18-9-17-6-7-25-21(17)26-12-18/h4-10,12,22,24,27-29H,11,13-14H2,1-3H3,(H,25,26). The van der Waals surface area contributed by atoms with Gasteiger partial charge in [-0.3, -0.25) is 5.32 Å². The lowest BCUT2D eigenvalue weighted by molar-refractivity contribution is 0.137. The van der Waals surface area contributed by atoms with Gasteiger partial charge in [-0.25, -0.2) is 4.98 Å². The smallest absolute Gasteiger partial charge is 0.137 e. The molecule has 5 N–H and O–H groups in total. The molecule has 0 spiro atoms. The Morgan fingerprint density at radius 1 is 1.07 bits per heavy atom. The van der Waals surface area contributed by atoms with Crippen LogP contribution in [0.15, 0.2) is 48.8 Å². The van der Waals surface area contributed by atoms with E-state index in [1.54, 1.807) is 6.20 Å². The summed E-state index contributed by atoms with van der Waals surface area (Å²) in [5, 5.41) is 19.3. The average molecular weight is 392 g/mol. The van der Waals surface area contributed by atoms with Crippen LogP contribution >= 0.6 is 0 Å². The van der Waals surface area contributed by atoms with Crippen LogP contribution in [-0.4, -0.2) is 26.6 Å². The number of aliphatic hydroxyl groups is 1. The van der Waals surface area contributed by atoms with Crippen molar-refractivity contribution < 1.29 is 5.11 Å². The fourth-order valence-corrected chi connectivity index (χ4v) is 3.45. The Labute approximate surface area is 170 Å². The van der Waals surface area contributed by atoms with Crippen molar-refractivity contribution in [2.45, 2.75) is 40.1 Å². The van der Waals surface area contributed by atoms with E-state index < -0.39 is 6.23 Å². The summed E-state index contributed by atoms with van der Waals surface area (Å²) >= 11 is 0. The minimum atomic E-state index is -0.765. The highest BCUT2D eigenvalue weighted by atomic mass is 16.3. The van der Waals surface area contributed by atoms with Crippen LogP contribution in [0.2, 0.25) is 0 Å². The number of H-pyrrole nitrogens is 2. The molecule has 1 atom stereocenters. The van der Waals surface area contributed by atoms with Crippen LogP contribution in [0.4, 0.5) is 0 Å². The molecule has 29 heavy (non-hydrogen) atoms. The highest BCUT2D eigenvalue weighted by molar-refractivity contribution is 5.81. The molecule has 0 radical (unpaired) electrons. The second-order valence-electron chi connectivity index (χ2n) is 8.85. The van der Waals surface area contributed by atoms with E-state index in [1.165, 1.54) is 11.1 Å². The molecule has 0 aliphatic carbocycles. The van der Waals surface area contributed by atoms with Gasteiger partial charge in [0.25, 0.3) is 0 Å². The van der Waals surface area contributed by atoms with E-state index in [9.17, 15) is 5.11 Å². The van der Waals surface area contributed by atoms with Gasteiger partial charge in [-0.15, -0.1) is 0 Å². The first kappa shape index (κ1) is 19.6. The van der Waals surface area contributed by atoms with E-state index in [0.29, 0.717) is 6.54 Å². The van der Waals surface area contributed by atoms with E-state index >= 15 is 0 Å². The Morgan fingerprint density at radius 2 is 1.93 bits per heavy atom. The maximum atomic E-state index is 10.5. The summed E-state index contributed by atoms with van der Waals surface area (Å²) in [6.07, 6.45) is 2.78. The molecule has 0 saturated heterocycles. The summed E-state index contributed by atoms with van der Waals surface area (Å²) in [7, 11) is 0. The topological polar surface area (TPSA) is 88.8 Å². The number of aromatic amines is 2. The molecular weight excluding hydrogens is 362 g/mol. The van der Waals surface area contributed by atoms with Gasteiger partial charge in [-0.05, 0) is 40.6 Å². The molecule has 4 aromatic rings. The van der Waals surface area contributed by atoms with Crippen LogP contribution in [0.5, 0.6) is 0 Å². The van der Waals surface area contributed by atoms with Crippen molar-refractivity contribution >= 4 is 21.9 Å². The van der Waals surface area contributed by atoms with Gasteiger partial charge in [0.2, 0.25) is 0 Å². The fraction of sp³-hybridized carbons (Fsp3) is 0.348. The lowest BCUT2D eigenvalue weighted by Crippen LogP contribution is -2.26. The maximum absolute atomic E-state index is 10.5. The van der Waals surface area contributed by atoms with Crippen molar-refractivity contribution in [2.75, 3.05) is 6.54 Å². The molecule has 6 heteroatoms. The largest absolute Gasteiger partial charge is 0.374 e.